The summed E-state index contributed by atoms with van der Waals surface area (Å²) < 4.78 is 0. The van der Waals surface area contributed by atoms with Gasteiger partial charge < -0.3 is 5.32 Å². The fraction of sp³-hybridized carbons (Fsp3) is 0.800. The average Bonchev–Trinajstić information content (AvgIpc) is 2.00. The fourth-order valence-electron chi connectivity index (χ4n) is 1.11. The summed E-state index contributed by atoms with van der Waals surface area (Å²) >= 11 is 0. The molecule has 0 heterocycles. The van der Waals surface area contributed by atoms with Crippen molar-refractivity contribution < 1.29 is 4.79 Å². The van der Waals surface area contributed by atoms with Crippen LogP contribution in [0.4, 0.5) is 0 Å². The molecule has 2 N–H and O–H groups in total. The Kier molecular flexibility index (Phi) is 5.89. The first-order chi connectivity index (χ1) is 6.45. The van der Waals surface area contributed by atoms with Crippen molar-refractivity contribution >= 4 is 5.91 Å². The second kappa shape index (κ2) is 6.39. The van der Waals surface area contributed by atoms with Gasteiger partial charge in [-0.25, -0.2) is 0 Å². The third kappa shape index (κ3) is 6.44. The van der Waals surface area contributed by atoms with Crippen LogP contribution in [0.1, 0.15) is 34.1 Å². The van der Waals surface area contributed by atoms with E-state index in [-0.39, 0.29) is 24.4 Å². The highest BCUT2D eigenvalue weighted by molar-refractivity contribution is 5.77. The monoisotopic (exact) mass is 197 g/mol. The Balaban J connectivity index is 3.94. The third-order valence-corrected chi connectivity index (χ3v) is 1.53. The van der Waals surface area contributed by atoms with Crippen LogP contribution >= 0.6 is 0 Å². The molecule has 1 atom stereocenters. The molecule has 0 rings (SSSR count). The zero-order valence-electron chi connectivity index (χ0n) is 9.29. The first kappa shape index (κ1) is 12.9. The van der Waals surface area contributed by atoms with Crippen molar-refractivity contribution in [3.63, 3.8) is 0 Å². The second-order valence-corrected chi connectivity index (χ2v) is 3.93. The Bertz CT molecular complexity index is 218. The van der Waals surface area contributed by atoms with Gasteiger partial charge in [0.2, 0.25) is 5.91 Å². The highest BCUT2D eigenvalue weighted by Gasteiger charge is 2.13. The van der Waals surface area contributed by atoms with Crippen LogP contribution in [0.3, 0.4) is 0 Å². The number of rotatable bonds is 5. The maximum Gasteiger partial charge on any atom is 0.222 e. The molecule has 0 aliphatic rings. The zero-order valence-corrected chi connectivity index (χ0v) is 9.29. The molecule has 4 heteroatoms. The number of nitriles is 1. The van der Waals surface area contributed by atoms with Gasteiger partial charge in [-0.1, -0.05) is 0 Å². The van der Waals surface area contributed by atoms with E-state index in [1.807, 2.05) is 27.7 Å². The summed E-state index contributed by atoms with van der Waals surface area (Å²) in [7, 11) is 0. The minimum absolute atomic E-state index is 0.0836. The number of hydrogen-bond acceptors (Lipinski definition) is 3. The van der Waals surface area contributed by atoms with Crippen molar-refractivity contribution in [2.45, 2.75) is 52.2 Å². The lowest BCUT2D eigenvalue weighted by molar-refractivity contribution is -0.121. The lowest BCUT2D eigenvalue weighted by Crippen LogP contribution is -2.39. The van der Waals surface area contributed by atoms with Crippen LogP contribution in [0.2, 0.25) is 0 Å². The quantitative estimate of drug-likeness (QED) is 0.685. The van der Waals surface area contributed by atoms with Crippen LogP contribution in [0.5, 0.6) is 0 Å². The highest BCUT2D eigenvalue weighted by Crippen LogP contribution is 1.94. The van der Waals surface area contributed by atoms with Gasteiger partial charge in [0.15, 0.2) is 0 Å². The topological polar surface area (TPSA) is 64.9 Å². The molecule has 1 amide bonds. The Hall–Kier alpha value is -1.08. The smallest absolute Gasteiger partial charge is 0.222 e. The largest absolute Gasteiger partial charge is 0.354 e. The fourth-order valence-corrected chi connectivity index (χ4v) is 1.11. The van der Waals surface area contributed by atoms with E-state index in [1.165, 1.54) is 0 Å². The van der Waals surface area contributed by atoms with Crippen LogP contribution in [0.25, 0.3) is 0 Å². The summed E-state index contributed by atoms with van der Waals surface area (Å²) in [5, 5.41) is 14.5. The van der Waals surface area contributed by atoms with E-state index >= 15 is 0 Å². The molecule has 0 spiro atoms. The Morgan fingerprint density at radius 3 is 2.21 bits per heavy atom. The molecular weight excluding hydrogens is 178 g/mol. The van der Waals surface area contributed by atoms with Gasteiger partial charge in [0.05, 0.1) is 12.5 Å². The molecule has 0 aliphatic carbocycles. The SMILES string of the molecule is CC(C)NC(=O)CC(C#N)NC(C)C. The van der Waals surface area contributed by atoms with Crippen molar-refractivity contribution in [1.82, 2.24) is 10.6 Å². The van der Waals surface area contributed by atoms with Gasteiger partial charge in [-0.3, -0.25) is 10.1 Å². The summed E-state index contributed by atoms with van der Waals surface area (Å²) in [6, 6.07) is 2.01. The predicted octanol–water partition coefficient (Wildman–Crippen LogP) is 0.791. The molecular formula is C10H19N3O. The van der Waals surface area contributed by atoms with Gasteiger partial charge in [-0.2, -0.15) is 5.26 Å². The van der Waals surface area contributed by atoms with Crippen LogP contribution in [0, 0.1) is 11.3 Å². The lowest BCUT2D eigenvalue weighted by Gasteiger charge is -2.15. The number of amides is 1. The summed E-state index contributed by atoms with van der Waals surface area (Å²) in [5.74, 6) is -0.0836. The van der Waals surface area contributed by atoms with E-state index in [2.05, 4.69) is 16.7 Å². The third-order valence-electron chi connectivity index (χ3n) is 1.53. The normalized spacial score (nSPS) is 12.6. The molecule has 0 radical (unpaired) electrons. The van der Waals surface area contributed by atoms with E-state index in [0.29, 0.717) is 0 Å². The number of carbonyl (C=O) groups excluding carboxylic acids is 1. The molecule has 0 aliphatic heterocycles. The highest BCUT2D eigenvalue weighted by atomic mass is 16.1. The van der Waals surface area contributed by atoms with Gasteiger partial charge in [0.1, 0.15) is 6.04 Å². The molecule has 0 bridgehead atoms. The Labute approximate surface area is 85.7 Å². The van der Waals surface area contributed by atoms with Crippen LogP contribution in [0.15, 0.2) is 0 Å². The molecule has 0 saturated carbocycles. The molecule has 1 unspecified atom stereocenters. The maximum absolute atomic E-state index is 11.3. The molecule has 80 valence electrons. The van der Waals surface area contributed by atoms with E-state index in [1.54, 1.807) is 0 Å². The molecule has 0 fully saturated rings. The van der Waals surface area contributed by atoms with Crippen LogP contribution in [-0.2, 0) is 4.79 Å². The molecule has 0 saturated heterocycles. The molecule has 0 aromatic rings. The average molecular weight is 197 g/mol. The predicted molar refractivity (Wildman–Crippen MR) is 55.6 cm³/mol. The summed E-state index contributed by atoms with van der Waals surface area (Å²) in [6.45, 7) is 7.69. The summed E-state index contributed by atoms with van der Waals surface area (Å²) in [5.41, 5.74) is 0. The maximum atomic E-state index is 11.3. The van der Waals surface area contributed by atoms with E-state index in [0.717, 1.165) is 0 Å². The molecule has 4 nitrogen and oxygen atoms in total. The summed E-state index contributed by atoms with van der Waals surface area (Å²) in [4.78, 5) is 11.3. The molecule has 0 aromatic carbocycles. The van der Waals surface area contributed by atoms with Crippen molar-refractivity contribution in [2.24, 2.45) is 0 Å². The number of carbonyl (C=O) groups is 1. The van der Waals surface area contributed by atoms with Crippen molar-refractivity contribution in [3.8, 4) is 6.07 Å². The van der Waals surface area contributed by atoms with Crippen LogP contribution < -0.4 is 10.6 Å². The molecule has 14 heavy (non-hydrogen) atoms. The van der Waals surface area contributed by atoms with Crippen LogP contribution in [-0.4, -0.2) is 24.0 Å². The first-order valence-corrected chi connectivity index (χ1v) is 4.90. The summed E-state index contributed by atoms with van der Waals surface area (Å²) in [6.07, 6.45) is 0.215. The van der Waals surface area contributed by atoms with Gasteiger partial charge in [0.25, 0.3) is 0 Å². The van der Waals surface area contributed by atoms with Crippen molar-refractivity contribution in [2.75, 3.05) is 0 Å². The van der Waals surface area contributed by atoms with Gasteiger partial charge in [-0.15, -0.1) is 0 Å². The van der Waals surface area contributed by atoms with E-state index in [4.69, 9.17) is 5.26 Å². The number of nitrogens with one attached hydrogen (secondary N) is 2. The van der Waals surface area contributed by atoms with Crippen molar-refractivity contribution in [3.05, 3.63) is 0 Å². The first-order valence-electron chi connectivity index (χ1n) is 4.90. The number of hydrogen-bond donors (Lipinski definition) is 2. The van der Waals surface area contributed by atoms with E-state index < -0.39 is 6.04 Å². The Morgan fingerprint density at radius 1 is 1.29 bits per heavy atom. The standard InChI is InChI=1S/C10H19N3O/c1-7(2)12-9(6-11)5-10(14)13-8(3)4/h7-9,12H,5H2,1-4H3,(H,13,14). The van der Waals surface area contributed by atoms with Gasteiger partial charge >= 0.3 is 0 Å². The second-order valence-electron chi connectivity index (χ2n) is 3.93. The zero-order chi connectivity index (χ0) is 11.1. The lowest BCUT2D eigenvalue weighted by atomic mass is 10.2. The van der Waals surface area contributed by atoms with Gasteiger partial charge in [0, 0.05) is 12.1 Å². The van der Waals surface area contributed by atoms with Gasteiger partial charge in [-0.05, 0) is 27.7 Å². The Morgan fingerprint density at radius 2 is 1.86 bits per heavy atom. The van der Waals surface area contributed by atoms with Crippen molar-refractivity contribution in [1.29, 1.82) is 5.26 Å². The molecule has 0 aromatic heterocycles. The minimum atomic E-state index is -0.395. The van der Waals surface area contributed by atoms with E-state index in [9.17, 15) is 4.79 Å². The number of nitrogens with zero attached hydrogens (tertiary/aromatic N) is 1. The minimum Gasteiger partial charge on any atom is -0.354 e.